The molecular weight excluding hydrogens is 183 g/mol. The van der Waals surface area contributed by atoms with E-state index in [1.807, 2.05) is 12.2 Å². The molecule has 0 aromatic carbocycles. The highest BCUT2D eigenvalue weighted by Crippen LogP contribution is 2.11. The molecule has 1 unspecified atom stereocenters. The lowest BCUT2D eigenvalue weighted by atomic mass is 10.2. The van der Waals surface area contributed by atoms with E-state index in [2.05, 4.69) is 19.2 Å². The van der Waals surface area contributed by atoms with Crippen LogP contribution in [0.5, 0.6) is 0 Å². The van der Waals surface area contributed by atoms with E-state index in [9.17, 15) is 4.79 Å². The van der Waals surface area contributed by atoms with Crippen molar-refractivity contribution in [2.45, 2.75) is 18.5 Å². The van der Waals surface area contributed by atoms with Crippen molar-refractivity contribution in [3.05, 3.63) is 27.2 Å². The van der Waals surface area contributed by atoms with Crippen LogP contribution in [0.4, 0.5) is 0 Å². The molecule has 0 aliphatic heterocycles. The Balaban J connectivity index is 2.76. The van der Waals surface area contributed by atoms with Crippen molar-refractivity contribution in [3.8, 4) is 0 Å². The third-order valence-corrected chi connectivity index (χ3v) is 2.70. The van der Waals surface area contributed by atoms with Gasteiger partial charge < -0.3 is 4.98 Å². The van der Waals surface area contributed by atoms with Gasteiger partial charge in [0, 0.05) is 0 Å². The maximum atomic E-state index is 11.4. The Hall–Kier alpha value is -0.950. The average Bonchev–Trinajstić information content (AvgIpc) is 2.30. The van der Waals surface area contributed by atoms with Gasteiger partial charge in [-0.3, -0.25) is 4.79 Å². The van der Waals surface area contributed by atoms with E-state index in [-0.39, 0.29) is 5.56 Å². The van der Waals surface area contributed by atoms with Gasteiger partial charge in [0.1, 0.15) is 0 Å². The standard InChI is InChI=1S/C9H11N2OP/c12-9-7-3-1-6(13)2-4-8(7)10-5-11-9/h3-6H,1-2,13H2,(H,10,11,12)/t6-/m1/s1. The highest BCUT2D eigenvalue weighted by atomic mass is 31.0. The SMILES string of the molecule is O=c1[nH]cnc2c1=CC[C@@H](P)CC=2. The molecule has 0 amide bonds. The molecule has 0 bridgehead atoms. The normalized spacial score (nSPS) is 20.8. The molecule has 1 aliphatic carbocycles. The van der Waals surface area contributed by atoms with Gasteiger partial charge in [-0.2, -0.15) is 0 Å². The summed E-state index contributed by atoms with van der Waals surface area (Å²) in [6.45, 7) is 0. The molecular formula is C9H11N2OP. The topological polar surface area (TPSA) is 45.8 Å². The van der Waals surface area contributed by atoms with Crippen LogP contribution in [0.1, 0.15) is 12.8 Å². The first-order valence-electron chi connectivity index (χ1n) is 4.27. The van der Waals surface area contributed by atoms with Crippen molar-refractivity contribution in [3.63, 3.8) is 0 Å². The van der Waals surface area contributed by atoms with Crippen molar-refractivity contribution in [2.75, 3.05) is 0 Å². The van der Waals surface area contributed by atoms with Gasteiger partial charge in [-0.15, -0.1) is 9.24 Å². The Morgan fingerprint density at radius 3 is 3.08 bits per heavy atom. The van der Waals surface area contributed by atoms with E-state index >= 15 is 0 Å². The Morgan fingerprint density at radius 1 is 1.46 bits per heavy atom. The van der Waals surface area contributed by atoms with Crippen molar-refractivity contribution in [1.29, 1.82) is 0 Å². The minimum Gasteiger partial charge on any atom is -0.313 e. The molecule has 68 valence electrons. The number of hydrogen-bond donors (Lipinski definition) is 1. The zero-order valence-corrected chi connectivity index (χ0v) is 8.31. The van der Waals surface area contributed by atoms with Gasteiger partial charge in [0.15, 0.2) is 0 Å². The van der Waals surface area contributed by atoms with Gasteiger partial charge in [0.2, 0.25) is 0 Å². The molecule has 13 heavy (non-hydrogen) atoms. The summed E-state index contributed by atoms with van der Waals surface area (Å²) in [6, 6.07) is 0. The van der Waals surface area contributed by atoms with Crippen LogP contribution >= 0.6 is 9.24 Å². The average molecular weight is 194 g/mol. The van der Waals surface area contributed by atoms with E-state index in [0.29, 0.717) is 10.9 Å². The molecule has 1 aromatic rings. The summed E-state index contributed by atoms with van der Waals surface area (Å²) in [7, 11) is 2.77. The summed E-state index contributed by atoms with van der Waals surface area (Å²) in [6.07, 6.45) is 7.32. The number of nitrogens with zero attached hydrogens (tertiary/aromatic N) is 1. The second-order valence-corrected chi connectivity index (χ2v) is 4.11. The predicted octanol–water partition coefficient (Wildman–Crippen LogP) is -0.632. The van der Waals surface area contributed by atoms with Crippen LogP contribution < -0.4 is 16.1 Å². The zero-order chi connectivity index (χ0) is 9.26. The number of nitrogens with one attached hydrogen (secondary N) is 1. The molecule has 2 rings (SSSR count). The molecule has 1 N–H and O–H groups in total. The molecule has 1 aromatic heterocycles. The van der Waals surface area contributed by atoms with Crippen molar-refractivity contribution < 1.29 is 0 Å². The first kappa shape index (κ1) is 8.64. The summed E-state index contributed by atoms with van der Waals surface area (Å²) < 4.78 is 0. The maximum absolute atomic E-state index is 11.4. The summed E-state index contributed by atoms with van der Waals surface area (Å²) in [5, 5.41) is 1.53. The molecule has 0 spiro atoms. The third kappa shape index (κ3) is 1.70. The maximum Gasteiger partial charge on any atom is 0.258 e. The van der Waals surface area contributed by atoms with Crippen LogP contribution in [-0.2, 0) is 0 Å². The second kappa shape index (κ2) is 3.43. The van der Waals surface area contributed by atoms with Crippen LogP contribution in [0.25, 0.3) is 12.2 Å². The highest BCUT2D eigenvalue weighted by Gasteiger charge is 2.03. The van der Waals surface area contributed by atoms with Crippen LogP contribution in [0.2, 0.25) is 0 Å². The van der Waals surface area contributed by atoms with Crippen molar-refractivity contribution in [2.24, 2.45) is 0 Å². The quantitative estimate of drug-likeness (QED) is 0.559. The van der Waals surface area contributed by atoms with E-state index in [0.717, 1.165) is 18.2 Å². The number of rotatable bonds is 0. The largest absolute Gasteiger partial charge is 0.313 e. The number of H-pyrrole nitrogens is 1. The van der Waals surface area contributed by atoms with Gasteiger partial charge >= 0.3 is 0 Å². The van der Waals surface area contributed by atoms with Gasteiger partial charge in [-0.1, -0.05) is 12.2 Å². The lowest BCUT2D eigenvalue weighted by Gasteiger charge is -1.99. The van der Waals surface area contributed by atoms with Crippen LogP contribution in [-0.4, -0.2) is 15.6 Å². The van der Waals surface area contributed by atoms with Crippen molar-refractivity contribution in [1.82, 2.24) is 9.97 Å². The van der Waals surface area contributed by atoms with Gasteiger partial charge in [0.05, 0.1) is 16.9 Å². The van der Waals surface area contributed by atoms with Crippen LogP contribution in [0.15, 0.2) is 11.1 Å². The Bertz CT molecular complexity index is 477. The van der Waals surface area contributed by atoms with Crippen LogP contribution in [0, 0.1) is 0 Å². The van der Waals surface area contributed by atoms with Gasteiger partial charge in [-0.25, -0.2) is 4.98 Å². The number of aromatic nitrogens is 2. The molecule has 2 atom stereocenters. The fourth-order valence-electron chi connectivity index (χ4n) is 1.41. The van der Waals surface area contributed by atoms with Crippen LogP contribution in [0.3, 0.4) is 0 Å². The lowest BCUT2D eigenvalue weighted by Crippen LogP contribution is -2.41. The lowest BCUT2D eigenvalue weighted by molar-refractivity contribution is 0.949. The smallest absolute Gasteiger partial charge is 0.258 e. The minimum absolute atomic E-state index is 0.0413. The third-order valence-electron chi connectivity index (χ3n) is 2.16. The van der Waals surface area contributed by atoms with E-state index in [1.165, 1.54) is 6.33 Å². The van der Waals surface area contributed by atoms with Gasteiger partial charge in [-0.05, 0) is 18.5 Å². The highest BCUT2D eigenvalue weighted by molar-refractivity contribution is 7.17. The van der Waals surface area contributed by atoms with E-state index in [1.54, 1.807) is 0 Å². The Morgan fingerprint density at radius 2 is 2.23 bits per heavy atom. The number of hydrogen-bond acceptors (Lipinski definition) is 2. The predicted molar refractivity (Wildman–Crippen MR) is 55.8 cm³/mol. The van der Waals surface area contributed by atoms with Crippen molar-refractivity contribution >= 4 is 21.4 Å². The minimum atomic E-state index is -0.0413. The number of aromatic amines is 1. The summed E-state index contributed by atoms with van der Waals surface area (Å²) >= 11 is 0. The fourth-order valence-corrected chi connectivity index (χ4v) is 1.68. The van der Waals surface area contributed by atoms with Gasteiger partial charge in [0.25, 0.3) is 5.56 Å². The fraction of sp³-hybridized carbons (Fsp3) is 0.333. The Labute approximate surface area is 77.8 Å². The molecule has 0 saturated heterocycles. The second-order valence-electron chi connectivity index (χ2n) is 3.17. The molecule has 1 aliphatic rings. The molecule has 0 fully saturated rings. The summed E-state index contributed by atoms with van der Waals surface area (Å²) in [4.78, 5) is 18.1. The summed E-state index contributed by atoms with van der Waals surface area (Å²) in [5.74, 6) is 0. The first-order chi connectivity index (χ1) is 6.27. The molecule has 4 heteroatoms. The van der Waals surface area contributed by atoms with E-state index in [4.69, 9.17) is 0 Å². The molecule has 3 nitrogen and oxygen atoms in total. The molecule has 1 heterocycles. The van der Waals surface area contributed by atoms with E-state index < -0.39 is 0 Å². The first-order valence-corrected chi connectivity index (χ1v) is 4.93. The summed E-state index contributed by atoms with van der Waals surface area (Å²) in [5.41, 5.74) is 0.481. The monoisotopic (exact) mass is 194 g/mol. The Kier molecular flexibility index (Phi) is 2.28. The zero-order valence-electron chi connectivity index (χ0n) is 7.16. The molecule has 0 saturated carbocycles. The molecule has 0 radical (unpaired) electrons. The number of fused-ring (bicyclic) bond motifs is 1.